The van der Waals surface area contributed by atoms with Crippen LogP contribution in [0.1, 0.15) is 79.4 Å². The molecule has 124 valence electrons. The lowest BCUT2D eigenvalue weighted by atomic mass is 9.72. The molecule has 1 aromatic carbocycles. The molecule has 0 saturated heterocycles. The molecule has 0 N–H and O–H groups in total. The molecule has 1 aromatic rings. The molecule has 1 aliphatic heterocycles. The number of hydrogen-bond acceptors (Lipinski definition) is 2. The van der Waals surface area contributed by atoms with Gasteiger partial charge in [0.1, 0.15) is 0 Å². The summed E-state index contributed by atoms with van der Waals surface area (Å²) in [5.74, 6) is 0. The molecule has 0 aromatic heterocycles. The highest BCUT2D eigenvalue weighted by molar-refractivity contribution is 5.34. The van der Waals surface area contributed by atoms with Crippen LogP contribution in [0.4, 0.5) is 0 Å². The van der Waals surface area contributed by atoms with E-state index in [2.05, 4.69) is 79.7 Å². The van der Waals surface area contributed by atoms with Crippen molar-refractivity contribution < 1.29 is 9.78 Å². The minimum absolute atomic E-state index is 0.0352. The Kier molecular flexibility index (Phi) is 4.25. The number of fused-ring (bicyclic) bond motifs is 2. The summed E-state index contributed by atoms with van der Waals surface area (Å²) in [5.41, 5.74) is 2.15. The molecular formula is C20H32O2. The van der Waals surface area contributed by atoms with Crippen LogP contribution in [-0.2, 0) is 20.6 Å². The Morgan fingerprint density at radius 1 is 0.682 bits per heavy atom. The van der Waals surface area contributed by atoms with E-state index in [1.54, 1.807) is 0 Å². The van der Waals surface area contributed by atoms with E-state index in [1.807, 2.05) is 0 Å². The lowest BCUT2D eigenvalue weighted by Gasteiger charge is -2.37. The van der Waals surface area contributed by atoms with Gasteiger partial charge in [0.25, 0.3) is 0 Å². The molecule has 0 saturated carbocycles. The molecule has 1 aliphatic rings. The van der Waals surface area contributed by atoms with E-state index in [4.69, 9.17) is 9.78 Å². The molecular weight excluding hydrogens is 272 g/mol. The normalized spacial score (nSPS) is 26.0. The molecule has 1 heterocycles. The van der Waals surface area contributed by atoms with Crippen molar-refractivity contribution in [1.29, 1.82) is 0 Å². The van der Waals surface area contributed by atoms with Crippen LogP contribution in [0.15, 0.2) is 24.3 Å². The number of rotatable bonds is 0. The van der Waals surface area contributed by atoms with Crippen LogP contribution in [0, 0.1) is 0 Å². The maximum absolute atomic E-state index is 5.88. The fourth-order valence-corrected chi connectivity index (χ4v) is 3.98. The molecule has 2 bridgehead atoms. The third kappa shape index (κ3) is 3.91. The smallest absolute Gasteiger partial charge is 0.0988 e. The standard InChI is InChI=1S/C20H32O2/c1-17(2)13-19(5,6)21-22-20(7,8)14-18(3,4)16-11-9-10-15(17)12-16/h9-12H,13-14H2,1-8H3. The Balaban J connectivity index is 2.54. The van der Waals surface area contributed by atoms with E-state index in [-0.39, 0.29) is 22.0 Å². The predicted molar refractivity (Wildman–Crippen MR) is 92.1 cm³/mol. The van der Waals surface area contributed by atoms with Crippen molar-refractivity contribution in [2.75, 3.05) is 0 Å². The Morgan fingerprint density at radius 2 is 1.05 bits per heavy atom. The maximum atomic E-state index is 5.88. The summed E-state index contributed by atoms with van der Waals surface area (Å²) in [6.07, 6.45) is 1.81. The first-order valence-electron chi connectivity index (χ1n) is 8.31. The Bertz CT molecular complexity index is 493. The SMILES string of the molecule is CC1(C)CC(C)(C)c2cccc(c2)C(C)(C)CC(C)(C)OO1. The number of hydrogen-bond donors (Lipinski definition) is 0. The largest absolute Gasteiger partial charge is 0.230 e. The van der Waals surface area contributed by atoms with Crippen molar-refractivity contribution in [3.8, 4) is 0 Å². The van der Waals surface area contributed by atoms with Gasteiger partial charge in [-0.25, -0.2) is 9.78 Å². The monoisotopic (exact) mass is 304 g/mol. The molecule has 2 heteroatoms. The molecule has 0 spiro atoms. The second kappa shape index (κ2) is 5.35. The van der Waals surface area contributed by atoms with Gasteiger partial charge in [-0.05, 0) is 62.5 Å². The van der Waals surface area contributed by atoms with Gasteiger partial charge in [0.15, 0.2) is 0 Å². The summed E-state index contributed by atoms with van der Waals surface area (Å²) < 4.78 is 0. The quantitative estimate of drug-likeness (QED) is 0.586. The fourth-order valence-electron chi connectivity index (χ4n) is 3.98. The van der Waals surface area contributed by atoms with Crippen molar-refractivity contribution >= 4 is 0 Å². The van der Waals surface area contributed by atoms with Crippen LogP contribution < -0.4 is 0 Å². The van der Waals surface area contributed by atoms with E-state index in [0.717, 1.165) is 12.8 Å². The van der Waals surface area contributed by atoms with Gasteiger partial charge in [0.05, 0.1) is 11.2 Å². The fraction of sp³-hybridized carbons (Fsp3) is 0.700. The molecule has 0 amide bonds. The molecule has 0 radical (unpaired) electrons. The van der Waals surface area contributed by atoms with Crippen molar-refractivity contribution in [2.24, 2.45) is 0 Å². The third-order valence-electron chi connectivity index (χ3n) is 4.65. The van der Waals surface area contributed by atoms with E-state index in [0.29, 0.717) is 0 Å². The van der Waals surface area contributed by atoms with Crippen LogP contribution in [0.5, 0.6) is 0 Å². The van der Waals surface area contributed by atoms with E-state index in [9.17, 15) is 0 Å². The first-order valence-corrected chi connectivity index (χ1v) is 8.31. The molecule has 2 rings (SSSR count). The van der Waals surface area contributed by atoms with Gasteiger partial charge in [-0.15, -0.1) is 0 Å². The number of benzene rings is 1. The van der Waals surface area contributed by atoms with Crippen LogP contribution >= 0.6 is 0 Å². The minimum Gasteiger partial charge on any atom is -0.230 e. The third-order valence-corrected chi connectivity index (χ3v) is 4.65. The molecule has 0 atom stereocenters. The van der Waals surface area contributed by atoms with Gasteiger partial charge < -0.3 is 0 Å². The summed E-state index contributed by atoms with van der Waals surface area (Å²) >= 11 is 0. The maximum Gasteiger partial charge on any atom is 0.0988 e. The van der Waals surface area contributed by atoms with Crippen molar-refractivity contribution in [2.45, 2.75) is 90.3 Å². The van der Waals surface area contributed by atoms with Gasteiger partial charge in [0.2, 0.25) is 0 Å². The highest BCUT2D eigenvalue weighted by Gasteiger charge is 2.38. The molecule has 0 aliphatic carbocycles. The summed E-state index contributed by atoms with van der Waals surface area (Å²) in [7, 11) is 0. The average Bonchev–Trinajstić information content (AvgIpc) is 2.34. The Labute approximate surface area is 136 Å². The van der Waals surface area contributed by atoms with Crippen molar-refractivity contribution in [3.63, 3.8) is 0 Å². The Morgan fingerprint density at radius 3 is 1.41 bits per heavy atom. The lowest BCUT2D eigenvalue weighted by Crippen LogP contribution is -2.38. The first-order chi connectivity index (χ1) is 9.83. The average molecular weight is 304 g/mol. The lowest BCUT2D eigenvalue weighted by molar-refractivity contribution is -0.405. The molecule has 22 heavy (non-hydrogen) atoms. The minimum atomic E-state index is -0.328. The summed E-state index contributed by atoms with van der Waals surface area (Å²) in [4.78, 5) is 11.8. The van der Waals surface area contributed by atoms with Gasteiger partial charge in [-0.1, -0.05) is 52.0 Å². The first kappa shape index (κ1) is 17.5. The topological polar surface area (TPSA) is 18.5 Å². The zero-order valence-electron chi connectivity index (χ0n) is 15.5. The van der Waals surface area contributed by atoms with Crippen LogP contribution in [0.3, 0.4) is 0 Å². The highest BCUT2D eigenvalue weighted by Crippen LogP contribution is 2.40. The van der Waals surface area contributed by atoms with Gasteiger partial charge >= 0.3 is 0 Å². The molecule has 0 fully saturated rings. The second-order valence-electron chi connectivity index (χ2n) is 9.39. The van der Waals surface area contributed by atoms with Gasteiger partial charge in [0, 0.05) is 0 Å². The van der Waals surface area contributed by atoms with Gasteiger partial charge in [-0.2, -0.15) is 0 Å². The zero-order chi connectivity index (χ0) is 16.8. The van der Waals surface area contributed by atoms with Crippen LogP contribution in [-0.4, -0.2) is 11.2 Å². The predicted octanol–water partition coefficient (Wildman–Crippen LogP) is 5.54. The Hall–Kier alpha value is -0.860. The second-order valence-corrected chi connectivity index (χ2v) is 9.39. The van der Waals surface area contributed by atoms with E-state index >= 15 is 0 Å². The highest BCUT2D eigenvalue weighted by atomic mass is 17.2. The van der Waals surface area contributed by atoms with E-state index < -0.39 is 0 Å². The van der Waals surface area contributed by atoms with E-state index in [1.165, 1.54) is 11.1 Å². The summed E-state index contributed by atoms with van der Waals surface area (Å²) in [6.45, 7) is 17.6. The van der Waals surface area contributed by atoms with Gasteiger partial charge in [-0.3, -0.25) is 0 Å². The van der Waals surface area contributed by atoms with Crippen molar-refractivity contribution in [1.82, 2.24) is 0 Å². The van der Waals surface area contributed by atoms with Crippen LogP contribution in [0.2, 0.25) is 0 Å². The van der Waals surface area contributed by atoms with Crippen molar-refractivity contribution in [3.05, 3.63) is 35.4 Å². The molecule has 0 unspecified atom stereocenters. The zero-order valence-corrected chi connectivity index (χ0v) is 15.5. The molecule has 2 nitrogen and oxygen atoms in total. The van der Waals surface area contributed by atoms with Crippen LogP contribution in [0.25, 0.3) is 0 Å². The summed E-state index contributed by atoms with van der Waals surface area (Å²) in [6, 6.07) is 9.03. The summed E-state index contributed by atoms with van der Waals surface area (Å²) in [5, 5.41) is 0.